The number of rotatable bonds is 3. The number of fused-ring (bicyclic) bond motifs is 1. The Morgan fingerprint density at radius 1 is 1.31 bits per heavy atom. The Bertz CT molecular complexity index is 440. The summed E-state index contributed by atoms with van der Waals surface area (Å²) in [6.07, 6.45) is 4.43. The summed E-state index contributed by atoms with van der Waals surface area (Å²) in [5.41, 5.74) is 2.02. The maximum atomic E-state index is 10.7. The van der Waals surface area contributed by atoms with Gasteiger partial charge < -0.3 is 14.4 Å². The molecule has 4 nitrogen and oxygen atoms in total. The van der Waals surface area contributed by atoms with Crippen molar-refractivity contribution in [3.63, 3.8) is 0 Å². The van der Waals surface area contributed by atoms with Gasteiger partial charge in [0.05, 0.1) is 20.8 Å². The van der Waals surface area contributed by atoms with Gasteiger partial charge in [-0.3, -0.25) is 4.79 Å². The minimum Gasteiger partial charge on any atom is -0.493 e. The fraction of sp³-hybridized carbons (Fsp3) is 0.250. The van der Waals surface area contributed by atoms with E-state index in [2.05, 4.69) is 0 Å². The molecular formula is C12H13NO3. The molecule has 1 aliphatic rings. The molecule has 4 heteroatoms. The third-order valence-corrected chi connectivity index (χ3v) is 2.61. The Labute approximate surface area is 94.1 Å². The van der Waals surface area contributed by atoms with Crippen LogP contribution in [0.4, 0.5) is 0 Å². The lowest BCUT2D eigenvalue weighted by Crippen LogP contribution is -2.18. The molecule has 16 heavy (non-hydrogen) atoms. The van der Waals surface area contributed by atoms with Crippen molar-refractivity contribution in [2.24, 2.45) is 0 Å². The van der Waals surface area contributed by atoms with E-state index in [0.717, 1.165) is 17.5 Å². The van der Waals surface area contributed by atoms with Crippen LogP contribution in [-0.2, 0) is 11.3 Å². The van der Waals surface area contributed by atoms with Gasteiger partial charge in [-0.1, -0.05) is 6.07 Å². The molecule has 0 atom stereocenters. The molecule has 84 valence electrons. The molecule has 0 radical (unpaired) electrons. The van der Waals surface area contributed by atoms with Gasteiger partial charge in [-0.25, -0.2) is 0 Å². The van der Waals surface area contributed by atoms with E-state index in [-0.39, 0.29) is 0 Å². The second-order valence-electron chi connectivity index (χ2n) is 3.46. The third-order valence-electron chi connectivity index (χ3n) is 2.61. The predicted octanol–water partition coefficient (Wildman–Crippen LogP) is 1.65. The number of carbonyl (C=O) groups is 1. The zero-order valence-electron chi connectivity index (χ0n) is 9.27. The Hall–Kier alpha value is -1.97. The molecule has 0 bridgehead atoms. The minimum absolute atomic E-state index is 0.510. The first-order valence-electron chi connectivity index (χ1n) is 4.93. The summed E-state index contributed by atoms with van der Waals surface area (Å²) in [7, 11) is 3.20. The number of hydrogen-bond donors (Lipinski definition) is 0. The van der Waals surface area contributed by atoms with Gasteiger partial charge in [-0.2, -0.15) is 0 Å². The van der Waals surface area contributed by atoms with E-state index >= 15 is 0 Å². The fourth-order valence-electron chi connectivity index (χ4n) is 1.81. The average Bonchev–Trinajstić information content (AvgIpc) is 2.36. The van der Waals surface area contributed by atoms with E-state index in [0.29, 0.717) is 18.0 Å². The molecule has 0 aromatic heterocycles. The highest BCUT2D eigenvalue weighted by Crippen LogP contribution is 2.36. The van der Waals surface area contributed by atoms with Crippen LogP contribution in [0.25, 0.3) is 6.08 Å². The van der Waals surface area contributed by atoms with Crippen molar-refractivity contribution < 1.29 is 14.3 Å². The maximum absolute atomic E-state index is 10.7. The van der Waals surface area contributed by atoms with Gasteiger partial charge in [0.25, 0.3) is 0 Å². The van der Waals surface area contributed by atoms with Gasteiger partial charge in [-0.05, 0) is 17.7 Å². The molecule has 1 aromatic carbocycles. The summed E-state index contributed by atoms with van der Waals surface area (Å²) in [5.74, 6) is 1.37. The molecule has 0 saturated carbocycles. The summed E-state index contributed by atoms with van der Waals surface area (Å²) < 4.78 is 10.5. The monoisotopic (exact) mass is 219 g/mol. The van der Waals surface area contributed by atoms with E-state index in [1.165, 1.54) is 0 Å². The van der Waals surface area contributed by atoms with Crippen molar-refractivity contribution >= 4 is 12.5 Å². The lowest BCUT2D eigenvalue weighted by molar-refractivity contribution is -0.116. The van der Waals surface area contributed by atoms with Gasteiger partial charge in [0, 0.05) is 11.8 Å². The van der Waals surface area contributed by atoms with Gasteiger partial charge in [0.15, 0.2) is 11.5 Å². The first kappa shape index (κ1) is 10.5. The molecule has 0 fully saturated rings. The van der Waals surface area contributed by atoms with E-state index < -0.39 is 0 Å². The smallest absolute Gasteiger partial charge is 0.213 e. The first-order chi connectivity index (χ1) is 7.80. The molecule has 0 spiro atoms. The fourth-order valence-corrected chi connectivity index (χ4v) is 1.81. The number of nitrogens with zero attached hydrogens (tertiary/aromatic N) is 1. The van der Waals surface area contributed by atoms with Crippen molar-refractivity contribution in [1.82, 2.24) is 4.90 Å². The van der Waals surface area contributed by atoms with Crippen molar-refractivity contribution in [2.45, 2.75) is 6.54 Å². The molecular weight excluding hydrogens is 206 g/mol. The number of ether oxygens (including phenoxy) is 2. The Kier molecular flexibility index (Phi) is 2.81. The summed E-state index contributed by atoms with van der Waals surface area (Å²) in [5, 5.41) is 0. The number of hydrogen-bond acceptors (Lipinski definition) is 3. The molecule has 1 aliphatic heterocycles. The van der Waals surface area contributed by atoms with Crippen molar-refractivity contribution in [2.75, 3.05) is 14.2 Å². The lowest BCUT2D eigenvalue weighted by Gasteiger charge is -2.22. The van der Waals surface area contributed by atoms with Gasteiger partial charge in [-0.15, -0.1) is 0 Å². The average molecular weight is 219 g/mol. The largest absolute Gasteiger partial charge is 0.493 e. The van der Waals surface area contributed by atoms with Crippen molar-refractivity contribution in [1.29, 1.82) is 0 Å². The van der Waals surface area contributed by atoms with Crippen LogP contribution >= 0.6 is 0 Å². The van der Waals surface area contributed by atoms with Crippen LogP contribution < -0.4 is 9.47 Å². The molecule has 2 rings (SSSR count). The summed E-state index contributed by atoms with van der Waals surface area (Å²) in [6, 6.07) is 3.81. The van der Waals surface area contributed by atoms with Crippen LogP contribution in [0.5, 0.6) is 11.5 Å². The van der Waals surface area contributed by atoms with Gasteiger partial charge in [0.1, 0.15) is 0 Å². The minimum atomic E-state index is 0.510. The van der Waals surface area contributed by atoms with Crippen molar-refractivity contribution in [3.05, 3.63) is 29.5 Å². The van der Waals surface area contributed by atoms with Crippen LogP contribution in [0.3, 0.4) is 0 Å². The molecule has 1 aromatic rings. The van der Waals surface area contributed by atoms with E-state index in [1.807, 2.05) is 18.2 Å². The summed E-state index contributed by atoms with van der Waals surface area (Å²) >= 11 is 0. The maximum Gasteiger partial charge on any atom is 0.213 e. The van der Waals surface area contributed by atoms with Crippen LogP contribution in [-0.4, -0.2) is 25.5 Å². The normalized spacial score (nSPS) is 13.2. The van der Waals surface area contributed by atoms with Crippen molar-refractivity contribution in [3.8, 4) is 11.5 Å². The zero-order valence-corrected chi connectivity index (χ0v) is 9.27. The molecule has 1 amide bonds. The molecule has 0 aliphatic carbocycles. The van der Waals surface area contributed by atoms with Gasteiger partial charge >= 0.3 is 0 Å². The first-order valence-corrected chi connectivity index (χ1v) is 4.93. The number of benzene rings is 1. The van der Waals surface area contributed by atoms with E-state index in [4.69, 9.17) is 9.47 Å². The van der Waals surface area contributed by atoms with Gasteiger partial charge in [0.2, 0.25) is 6.41 Å². The highest BCUT2D eigenvalue weighted by Gasteiger charge is 2.18. The zero-order chi connectivity index (χ0) is 11.5. The SMILES string of the molecule is COc1ccc2c(c1OC)CN(C=O)C=C2. The number of methoxy groups -OCH3 is 2. The highest BCUT2D eigenvalue weighted by molar-refractivity contribution is 5.67. The van der Waals surface area contributed by atoms with E-state index in [1.54, 1.807) is 25.3 Å². The van der Waals surface area contributed by atoms with Crippen LogP contribution in [0.2, 0.25) is 0 Å². The predicted molar refractivity (Wildman–Crippen MR) is 60.2 cm³/mol. The molecule has 0 saturated heterocycles. The standard InChI is InChI=1S/C12H13NO3/c1-15-11-4-3-9-5-6-13(8-14)7-10(9)12(11)16-2/h3-6,8H,7H2,1-2H3. The molecule has 1 heterocycles. The van der Waals surface area contributed by atoms with Crippen LogP contribution in [0, 0.1) is 0 Å². The van der Waals surface area contributed by atoms with Crippen LogP contribution in [0.1, 0.15) is 11.1 Å². The molecule has 0 unspecified atom stereocenters. The van der Waals surface area contributed by atoms with Crippen LogP contribution in [0.15, 0.2) is 18.3 Å². The number of carbonyl (C=O) groups excluding carboxylic acids is 1. The Morgan fingerprint density at radius 3 is 2.75 bits per heavy atom. The topological polar surface area (TPSA) is 38.8 Å². The third kappa shape index (κ3) is 1.62. The quantitative estimate of drug-likeness (QED) is 0.725. The Balaban J connectivity index is 2.51. The highest BCUT2D eigenvalue weighted by atomic mass is 16.5. The molecule has 0 N–H and O–H groups in total. The second-order valence-corrected chi connectivity index (χ2v) is 3.46. The Morgan fingerprint density at radius 2 is 2.12 bits per heavy atom. The summed E-state index contributed by atoms with van der Waals surface area (Å²) in [4.78, 5) is 12.3. The van der Waals surface area contributed by atoms with E-state index in [9.17, 15) is 4.79 Å². The summed E-state index contributed by atoms with van der Waals surface area (Å²) in [6.45, 7) is 0.510. The second kappa shape index (κ2) is 4.26. The number of amides is 1. The lowest BCUT2D eigenvalue weighted by atomic mass is 10.0.